The molecular formula is C18H26ClN5. The highest BCUT2D eigenvalue weighted by Gasteiger charge is 2.17. The van der Waals surface area contributed by atoms with Crippen LogP contribution in [0.25, 0.3) is 0 Å². The minimum absolute atomic E-state index is 0.512. The molecule has 0 aliphatic carbocycles. The van der Waals surface area contributed by atoms with Gasteiger partial charge in [-0.3, -0.25) is 0 Å². The zero-order valence-electron chi connectivity index (χ0n) is 14.8. The van der Waals surface area contributed by atoms with Gasteiger partial charge in [-0.2, -0.15) is 0 Å². The molecule has 1 aromatic heterocycles. The number of para-hydroxylation sites is 1. The molecule has 2 aromatic rings. The van der Waals surface area contributed by atoms with E-state index in [0.29, 0.717) is 28.4 Å². The Morgan fingerprint density at radius 3 is 2.29 bits per heavy atom. The largest absolute Gasteiger partial charge is 0.393 e. The molecule has 0 atom stereocenters. The predicted octanol–water partition coefficient (Wildman–Crippen LogP) is 4.57. The summed E-state index contributed by atoms with van der Waals surface area (Å²) < 4.78 is 0. The van der Waals surface area contributed by atoms with Crippen molar-refractivity contribution in [2.24, 2.45) is 11.8 Å². The van der Waals surface area contributed by atoms with E-state index < -0.39 is 0 Å². The third-order valence-electron chi connectivity index (χ3n) is 3.46. The highest BCUT2D eigenvalue weighted by molar-refractivity contribution is 6.33. The van der Waals surface area contributed by atoms with Crippen molar-refractivity contribution < 1.29 is 0 Å². The summed E-state index contributed by atoms with van der Waals surface area (Å²) in [5.74, 6) is 2.36. The molecule has 2 rings (SSSR count). The molecule has 0 radical (unpaired) electrons. The highest BCUT2D eigenvalue weighted by Crippen LogP contribution is 2.31. The number of hydrogen-bond acceptors (Lipinski definition) is 5. The quantitative estimate of drug-likeness (QED) is 0.767. The van der Waals surface area contributed by atoms with Crippen LogP contribution in [0.3, 0.4) is 0 Å². The van der Waals surface area contributed by atoms with Gasteiger partial charge in [-0.15, -0.1) is 0 Å². The van der Waals surface area contributed by atoms with E-state index in [4.69, 9.17) is 17.3 Å². The summed E-state index contributed by atoms with van der Waals surface area (Å²) in [6, 6.07) is 7.52. The van der Waals surface area contributed by atoms with Crippen molar-refractivity contribution in [3.63, 3.8) is 0 Å². The summed E-state index contributed by atoms with van der Waals surface area (Å²) in [6.07, 6.45) is 1.54. The molecule has 0 bridgehead atoms. The maximum atomic E-state index is 6.36. The van der Waals surface area contributed by atoms with E-state index in [9.17, 15) is 0 Å². The fourth-order valence-corrected chi connectivity index (χ4v) is 2.74. The maximum Gasteiger partial charge on any atom is 0.159 e. The molecule has 0 aliphatic rings. The van der Waals surface area contributed by atoms with Gasteiger partial charge in [0.05, 0.1) is 10.7 Å². The molecular weight excluding hydrogens is 322 g/mol. The molecule has 1 aromatic carbocycles. The van der Waals surface area contributed by atoms with Crippen LogP contribution in [0.2, 0.25) is 5.02 Å². The summed E-state index contributed by atoms with van der Waals surface area (Å²) in [4.78, 5) is 10.9. The second-order valence-electron chi connectivity index (χ2n) is 6.76. The molecule has 0 aliphatic heterocycles. The second-order valence-corrected chi connectivity index (χ2v) is 7.16. The lowest BCUT2D eigenvalue weighted by atomic mass is 10.1. The standard InChI is InChI=1S/C18H26ClN5/c1-12(2)9-24(10-13(3)4)18-16(20)17(21-11-22-18)23-15-8-6-5-7-14(15)19/h5-8,11-13H,9-10,20H2,1-4H3,(H,21,22,23). The lowest BCUT2D eigenvalue weighted by molar-refractivity contribution is 0.549. The van der Waals surface area contributed by atoms with Crippen LogP contribution in [-0.2, 0) is 0 Å². The van der Waals surface area contributed by atoms with E-state index in [1.807, 2.05) is 24.3 Å². The lowest BCUT2D eigenvalue weighted by Crippen LogP contribution is -2.32. The molecule has 6 heteroatoms. The van der Waals surface area contributed by atoms with Gasteiger partial charge in [0, 0.05) is 13.1 Å². The van der Waals surface area contributed by atoms with Gasteiger partial charge in [-0.1, -0.05) is 51.4 Å². The first-order valence-electron chi connectivity index (χ1n) is 8.25. The van der Waals surface area contributed by atoms with Gasteiger partial charge < -0.3 is 16.0 Å². The van der Waals surface area contributed by atoms with Crippen molar-refractivity contribution in [2.45, 2.75) is 27.7 Å². The van der Waals surface area contributed by atoms with Crippen LogP contribution < -0.4 is 16.0 Å². The van der Waals surface area contributed by atoms with Crippen molar-refractivity contribution in [1.82, 2.24) is 9.97 Å². The minimum atomic E-state index is 0.512. The van der Waals surface area contributed by atoms with Gasteiger partial charge in [0.1, 0.15) is 12.0 Å². The predicted molar refractivity (Wildman–Crippen MR) is 103 cm³/mol. The molecule has 0 saturated carbocycles. The monoisotopic (exact) mass is 347 g/mol. The number of anilines is 4. The summed E-state index contributed by atoms with van der Waals surface area (Å²) in [5.41, 5.74) is 7.67. The van der Waals surface area contributed by atoms with Gasteiger partial charge >= 0.3 is 0 Å². The van der Waals surface area contributed by atoms with Crippen molar-refractivity contribution in [3.8, 4) is 0 Å². The number of rotatable bonds is 7. The van der Waals surface area contributed by atoms with Crippen molar-refractivity contribution >= 4 is 34.6 Å². The van der Waals surface area contributed by atoms with Crippen molar-refractivity contribution in [1.29, 1.82) is 0 Å². The summed E-state index contributed by atoms with van der Waals surface area (Å²) in [5, 5.41) is 3.83. The van der Waals surface area contributed by atoms with Crippen LogP contribution in [0.4, 0.5) is 23.0 Å². The number of nitrogens with two attached hydrogens (primary N) is 1. The second kappa shape index (κ2) is 8.20. The Morgan fingerprint density at radius 2 is 1.71 bits per heavy atom. The van der Waals surface area contributed by atoms with Crippen LogP contribution in [0, 0.1) is 11.8 Å². The van der Waals surface area contributed by atoms with Crippen LogP contribution in [-0.4, -0.2) is 23.1 Å². The molecule has 0 saturated heterocycles. The average molecular weight is 348 g/mol. The Labute approximate surface area is 149 Å². The Balaban J connectivity index is 2.33. The minimum Gasteiger partial charge on any atom is -0.393 e. The molecule has 0 unspecified atom stereocenters. The van der Waals surface area contributed by atoms with Crippen LogP contribution in [0.15, 0.2) is 30.6 Å². The van der Waals surface area contributed by atoms with E-state index in [0.717, 1.165) is 24.6 Å². The SMILES string of the molecule is CC(C)CN(CC(C)C)c1ncnc(Nc2ccccc2Cl)c1N. The molecule has 5 nitrogen and oxygen atoms in total. The summed E-state index contributed by atoms with van der Waals surface area (Å²) in [7, 11) is 0. The number of hydrogen-bond donors (Lipinski definition) is 2. The number of nitrogens with one attached hydrogen (secondary N) is 1. The first kappa shape index (κ1) is 18.3. The third kappa shape index (κ3) is 4.74. The molecule has 24 heavy (non-hydrogen) atoms. The van der Waals surface area contributed by atoms with E-state index in [2.05, 4.69) is 47.9 Å². The zero-order valence-corrected chi connectivity index (χ0v) is 15.5. The van der Waals surface area contributed by atoms with Crippen LogP contribution in [0.5, 0.6) is 0 Å². The summed E-state index contributed by atoms with van der Waals surface area (Å²) >= 11 is 6.21. The van der Waals surface area contributed by atoms with E-state index >= 15 is 0 Å². The lowest BCUT2D eigenvalue weighted by Gasteiger charge is -2.28. The number of halogens is 1. The number of aromatic nitrogens is 2. The number of nitrogens with zero attached hydrogens (tertiary/aromatic N) is 3. The highest BCUT2D eigenvalue weighted by atomic mass is 35.5. The van der Waals surface area contributed by atoms with Gasteiger partial charge in [0.25, 0.3) is 0 Å². The average Bonchev–Trinajstić information content (AvgIpc) is 2.50. The Hall–Kier alpha value is -2.01. The Bertz CT molecular complexity index is 662. The fraction of sp³-hybridized carbons (Fsp3) is 0.444. The van der Waals surface area contributed by atoms with E-state index in [-0.39, 0.29) is 0 Å². The van der Waals surface area contributed by atoms with Gasteiger partial charge in [-0.05, 0) is 24.0 Å². The molecule has 3 N–H and O–H groups in total. The molecule has 1 heterocycles. The fourth-order valence-electron chi connectivity index (χ4n) is 2.56. The molecule has 0 fully saturated rings. The Kier molecular flexibility index (Phi) is 6.26. The first-order chi connectivity index (χ1) is 11.4. The van der Waals surface area contributed by atoms with Crippen molar-refractivity contribution in [3.05, 3.63) is 35.6 Å². The van der Waals surface area contributed by atoms with Gasteiger partial charge in [-0.25, -0.2) is 9.97 Å². The smallest absolute Gasteiger partial charge is 0.159 e. The first-order valence-corrected chi connectivity index (χ1v) is 8.63. The van der Waals surface area contributed by atoms with Crippen LogP contribution >= 0.6 is 11.6 Å². The molecule has 0 amide bonds. The van der Waals surface area contributed by atoms with Crippen molar-refractivity contribution in [2.75, 3.05) is 29.0 Å². The zero-order chi connectivity index (χ0) is 17.7. The molecule has 130 valence electrons. The van der Waals surface area contributed by atoms with Gasteiger partial charge in [0.15, 0.2) is 11.6 Å². The number of benzene rings is 1. The van der Waals surface area contributed by atoms with E-state index in [1.54, 1.807) is 6.33 Å². The number of nitrogen functional groups attached to an aromatic ring is 1. The third-order valence-corrected chi connectivity index (χ3v) is 3.79. The normalized spacial score (nSPS) is 11.1. The van der Waals surface area contributed by atoms with Crippen LogP contribution in [0.1, 0.15) is 27.7 Å². The van der Waals surface area contributed by atoms with E-state index in [1.165, 1.54) is 0 Å². The maximum absolute atomic E-state index is 6.36. The molecule has 0 spiro atoms. The summed E-state index contributed by atoms with van der Waals surface area (Å²) in [6.45, 7) is 10.5. The van der Waals surface area contributed by atoms with Gasteiger partial charge in [0.2, 0.25) is 0 Å². The Morgan fingerprint density at radius 1 is 1.08 bits per heavy atom. The topological polar surface area (TPSA) is 67.1 Å².